The van der Waals surface area contributed by atoms with Crippen LogP contribution in [0.25, 0.3) is 0 Å². The fourth-order valence-corrected chi connectivity index (χ4v) is 2.54. The number of hydrogen-bond acceptors (Lipinski definition) is 4. The highest BCUT2D eigenvalue weighted by Crippen LogP contribution is 2.37. The second kappa shape index (κ2) is 5.12. The quantitative estimate of drug-likeness (QED) is 0.859. The van der Waals surface area contributed by atoms with Crippen LogP contribution in [0, 0.1) is 5.41 Å². The number of nitrogens with two attached hydrogens (primary N) is 1. The summed E-state index contributed by atoms with van der Waals surface area (Å²) in [5.41, 5.74) is 6.24. The van der Waals surface area contributed by atoms with E-state index in [1.807, 2.05) is 6.07 Å². The van der Waals surface area contributed by atoms with Crippen LogP contribution in [0.5, 0.6) is 0 Å². The van der Waals surface area contributed by atoms with Gasteiger partial charge in [-0.25, -0.2) is 9.97 Å². The van der Waals surface area contributed by atoms with Crippen LogP contribution in [0.4, 0.5) is 11.6 Å². The van der Waals surface area contributed by atoms with Crippen LogP contribution < -0.4 is 11.1 Å². The van der Waals surface area contributed by atoms with Crippen molar-refractivity contribution in [3.8, 4) is 0 Å². The van der Waals surface area contributed by atoms with Crippen molar-refractivity contribution in [2.75, 3.05) is 17.6 Å². The molecule has 1 aromatic heterocycles. The van der Waals surface area contributed by atoms with Crippen LogP contribution in [-0.4, -0.2) is 16.5 Å². The molecule has 1 saturated carbocycles. The highest BCUT2D eigenvalue weighted by molar-refractivity contribution is 5.45. The van der Waals surface area contributed by atoms with Gasteiger partial charge in [0.1, 0.15) is 17.5 Å². The number of nitrogens with zero attached hydrogens (tertiary/aromatic N) is 2. The highest BCUT2D eigenvalue weighted by atomic mass is 15.1. The molecule has 0 bridgehead atoms. The lowest BCUT2D eigenvalue weighted by molar-refractivity contribution is 0.361. The van der Waals surface area contributed by atoms with Crippen molar-refractivity contribution < 1.29 is 0 Å². The second-order valence-corrected chi connectivity index (χ2v) is 6.06. The van der Waals surface area contributed by atoms with Gasteiger partial charge >= 0.3 is 0 Å². The van der Waals surface area contributed by atoms with Gasteiger partial charge in [0, 0.05) is 18.5 Å². The van der Waals surface area contributed by atoms with Crippen molar-refractivity contribution in [3.63, 3.8) is 0 Å². The van der Waals surface area contributed by atoms with Crippen LogP contribution in [0.3, 0.4) is 0 Å². The molecule has 1 aliphatic rings. The molecule has 4 heteroatoms. The van der Waals surface area contributed by atoms with Gasteiger partial charge in [-0.3, -0.25) is 0 Å². The van der Waals surface area contributed by atoms with Gasteiger partial charge in [0.15, 0.2) is 0 Å². The zero-order chi connectivity index (χ0) is 13.2. The molecule has 1 aromatic rings. The van der Waals surface area contributed by atoms with Crippen molar-refractivity contribution in [2.45, 2.75) is 52.4 Å². The van der Waals surface area contributed by atoms with Crippen LogP contribution in [-0.2, 0) is 0 Å². The number of nitrogens with one attached hydrogen (secondary N) is 1. The molecule has 0 aliphatic heterocycles. The van der Waals surface area contributed by atoms with Gasteiger partial charge in [-0.05, 0) is 18.3 Å². The largest absolute Gasteiger partial charge is 0.384 e. The molecule has 0 amide bonds. The number of hydrogen-bond donors (Lipinski definition) is 2. The maximum Gasteiger partial charge on any atom is 0.135 e. The predicted octanol–water partition coefficient (Wildman–Crippen LogP) is 3.17. The molecule has 0 spiro atoms. The Kier molecular flexibility index (Phi) is 3.73. The van der Waals surface area contributed by atoms with Gasteiger partial charge < -0.3 is 11.1 Å². The van der Waals surface area contributed by atoms with Crippen LogP contribution >= 0.6 is 0 Å². The van der Waals surface area contributed by atoms with Gasteiger partial charge in [-0.15, -0.1) is 0 Å². The maximum absolute atomic E-state index is 5.82. The summed E-state index contributed by atoms with van der Waals surface area (Å²) in [4.78, 5) is 8.78. The van der Waals surface area contributed by atoms with Crippen LogP contribution in [0.1, 0.15) is 58.2 Å². The Morgan fingerprint density at radius 2 is 2.00 bits per heavy atom. The molecule has 1 heterocycles. The summed E-state index contributed by atoms with van der Waals surface area (Å²) in [6, 6.07) is 1.82. The molecule has 0 atom stereocenters. The van der Waals surface area contributed by atoms with Crippen molar-refractivity contribution >= 4 is 11.6 Å². The third kappa shape index (κ3) is 3.12. The van der Waals surface area contributed by atoms with E-state index in [0.717, 1.165) is 18.2 Å². The average Bonchev–Trinajstić information content (AvgIpc) is 2.73. The van der Waals surface area contributed by atoms with E-state index in [1.54, 1.807) is 0 Å². The molecule has 0 aromatic carbocycles. The zero-order valence-electron chi connectivity index (χ0n) is 11.7. The maximum atomic E-state index is 5.82. The summed E-state index contributed by atoms with van der Waals surface area (Å²) in [7, 11) is 0. The fraction of sp³-hybridized carbons (Fsp3) is 0.714. The first-order valence-corrected chi connectivity index (χ1v) is 6.87. The normalized spacial score (nSPS) is 18.2. The second-order valence-electron chi connectivity index (χ2n) is 6.06. The van der Waals surface area contributed by atoms with E-state index >= 15 is 0 Å². The Balaban J connectivity index is 2.04. The minimum Gasteiger partial charge on any atom is -0.384 e. The Hall–Kier alpha value is -1.32. The Labute approximate surface area is 109 Å². The smallest absolute Gasteiger partial charge is 0.135 e. The van der Waals surface area contributed by atoms with E-state index < -0.39 is 0 Å². The molecule has 100 valence electrons. The van der Waals surface area contributed by atoms with Crippen LogP contribution in [0.15, 0.2) is 6.07 Å². The van der Waals surface area contributed by atoms with Gasteiger partial charge in [-0.2, -0.15) is 0 Å². The van der Waals surface area contributed by atoms with Gasteiger partial charge in [-0.1, -0.05) is 33.6 Å². The third-order valence-corrected chi connectivity index (χ3v) is 3.79. The zero-order valence-corrected chi connectivity index (χ0v) is 11.7. The Morgan fingerprint density at radius 1 is 1.33 bits per heavy atom. The average molecular weight is 248 g/mol. The molecule has 3 N–H and O–H groups in total. The fourth-order valence-electron chi connectivity index (χ4n) is 2.54. The standard InChI is InChI=1S/C14H24N4/c1-10(2)13-17-11(15)8-12(18-13)16-9-14(3)6-4-5-7-14/h8,10H,4-7,9H2,1-3H3,(H3,15,16,17,18). The summed E-state index contributed by atoms with van der Waals surface area (Å²) >= 11 is 0. The molecule has 2 rings (SSSR count). The molecular weight excluding hydrogens is 224 g/mol. The third-order valence-electron chi connectivity index (χ3n) is 3.79. The van der Waals surface area contributed by atoms with Crippen molar-refractivity contribution in [1.29, 1.82) is 0 Å². The van der Waals surface area contributed by atoms with Gasteiger partial charge in [0.2, 0.25) is 0 Å². The van der Waals surface area contributed by atoms with Gasteiger partial charge in [0.05, 0.1) is 0 Å². The van der Waals surface area contributed by atoms with E-state index in [1.165, 1.54) is 25.7 Å². The highest BCUT2D eigenvalue weighted by Gasteiger charge is 2.28. The summed E-state index contributed by atoms with van der Waals surface area (Å²) in [5.74, 6) is 2.53. The van der Waals surface area contributed by atoms with E-state index in [2.05, 4.69) is 36.1 Å². The van der Waals surface area contributed by atoms with Gasteiger partial charge in [0.25, 0.3) is 0 Å². The molecule has 4 nitrogen and oxygen atoms in total. The summed E-state index contributed by atoms with van der Waals surface area (Å²) in [5, 5.41) is 3.43. The predicted molar refractivity (Wildman–Crippen MR) is 75.6 cm³/mol. The van der Waals surface area contributed by atoms with Crippen molar-refractivity contribution in [1.82, 2.24) is 9.97 Å². The van der Waals surface area contributed by atoms with E-state index in [-0.39, 0.29) is 0 Å². The molecular formula is C14H24N4. The van der Waals surface area contributed by atoms with Crippen molar-refractivity contribution in [3.05, 3.63) is 11.9 Å². The molecule has 0 unspecified atom stereocenters. The topological polar surface area (TPSA) is 63.8 Å². The first-order chi connectivity index (χ1) is 8.48. The SMILES string of the molecule is CC(C)c1nc(N)cc(NCC2(C)CCCC2)n1. The monoisotopic (exact) mass is 248 g/mol. The molecule has 18 heavy (non-hydrogen) atoms. The Morgan fingerprint density at radius 3 is 2.61 bits per heavy atom. The van der Waals surface area contributed by atoms with Crippen LogP contribution in [0.2, 0.25) is 0 Å². The summed E-state index contributed by atoms with van der Waals surface area (Å²) < 4.78 is 0. The molecule has 0 radical (unpaired) electrons. The summed E-state index contributed by atoms with van der Waals surface area (Å²) in [6.07, 6.45) is 5.30. The lowest BCUT2D eigenvalue weighted by Gasteiger charge is -2.24. The number of rotatable bonds is 4. The number of nitrogen functional groups attached to an aromatic ring is 1. The first-order valence-electron chi connectivity index (χ1n) is 6.87. The minimum absolute atomic E-state index is 0.302. The van der Waals surface area contributed by atoms with E-state index in [4.69, 9.17) is 5.73 Å². The van der Waals surface area contributed by atoms with E-state index in [9.17, 15) is 0 Å². The lowest BCUT2D eigenvalue weighted by atomic mass is 9.89. The minimum atomic E-state index is 0.302. The van der Waals surface area contributed by atoms with E-state index in [0.29, 0.717) is 17.2 Å². The Bertz CT molecular complexity index is 408. The first kappa shape index (κ1) is 13.1. The molecule has 0 saturated heterocycles. The number of anilines is 2. The van der Waals surface area contributed by atoms with Crippen molar-refractivity contribution in [2.24, 2.45) is 5.41 Å². The summed E-state index contributed by atoms with van der Waals surface area (Å²) in [6.45, 7) is 7.48. The lowest BCUT2D eigenvalue weighted by Crippen LogP contribution is -2.23. The molecule has 1 aliphatic carbocycles. The number of aromatic nitrogens is 2. The molecule has 1 fully saturated rings.